The minimum atomic E-state index is -0.354. The van der Waals surface area contributed by atoms with Crippen LogP contribution in [-0.4, -0.2) is 65.8 Å². The topological polar surface area (TPSA) is 61.8 Å². The number of benzene rings is 1. The highest BCUT2D eigenvalue weighted by atomic mass is 16.6. The third-order valence-electron chi connectivity index (χ3n) is 6.35. The van der Waals surface area contributed by atoms with Crippen molar-refractivity contribution in [2.75, 3.05) is 49.1 Å². The van der Waals surface area contributed by atoms with Crippen molar-refractivity contribution in [3.63, 3.8) is 0 Å². The third-order valence-corrected chi connectivity index (χ3v) is 6.35. The number of hydrogen-bond acceptors (Lipinski definition) is 6. The SMILES string of the molecule is O=C1OCC2(Cc3ccccc3)CN(c3cc(N4CCCCC4)ncn3)CCN12. The predicted molar refractivity (Wildman–Crippen MR) is 111 cm³/mol. The van der Waals surface area contributed by atoms with Crippen molar-refractivity contribution in [2.45, 2.75) is 31.2 Å². The molecule has 0 N–H and O–H groups in total. The number of rotatable bonds is 4. The number of hydrogen-bond donors (Lipinski definition) is 0. The lowest BCUT2D eigenvalue weighted by atomic mass is 9.88. The smallest absolute Gasteiger partial charge is 0.410 e. The van der Waals surface area contributed by atoms with E-state index in [-0.39, 0.29) is 11.6 Å². The van der Waals surface area contributed by atoms with Gasteiger partial charge in [-0.2, -0.15) is 0 Å². The maximum Gasteiger partial charge on any atom is 0.410 e. The number of ether oxygens (including phenoxy) is 1. The van der Waals surface area contributed by atoms with Gasteiger partial charge in [-0.05, 0) is 24.8 Å². The highest BCUT2D eigenvalue weighted by Crippen LogP contribution is 2.34. The summed E-state index contributed by atoms with van der Waals surface area (Å²) in [4.78, 5) is 28.0. The van der Waals surface area contributed by atoms with E-state index in [2.05, 4.69) is 38.0 Å². The van der Waals surface area contributed by atoms with Crippen molar-refractivity contribution >= 4 is 17.7 Å². The van der Waals surface area contributed by atoms with E-state index in [9.17, 15) is 4.79 Å². The monoisotopic (exact) mass is 393 g/mol. The summed E-state index contributed by atoms with van der Waals surface area (Å²) < 4.78 is 5.50. The molecule has 3 aliphatic heterocycles. The first-order chi connectivity index (χ1) is 14.2. The predicted octanol–water partition coefficient (Wildman–Crippen LogP) is 2.72. The Kier molecular flexibility index (Phi) is 4.73. The van der Waals surface area contributed by atoms with Crippen LogP contribution in [0, 0.1) is 0 Å². The Labute approximate surface area is 171 Å². The number of piperazine rings is 1. The molecule has 7 nitrogen and oxygen atoms in total. The summed E-state index contributed by atoms with van der Waals surface area (Å²) in [5.41, 5.74) is 0.863. The third kappa shape index (κ3) is 3.50. The summed E-state index contributed by atoms with van der Waals surface area (Å²) in [6, 6.07) is 12.5. The molecule has 0 bridgehead atoms. The van der Waals surface area contributed by atoms with Gasteiger partial charge in [0.1, 0.15) is 30.1 Å². The molecular formula is C22H27N5O2. The molecule has 3 aliphatic rings. The Hall–Kier alpha value is -2.83. The van der Waals surface area contributed by atoms with Crippen LogP contribution in [0.5, 0.6) is 0 Å². The molecule has 0 radical (unpaired) electrons. The molecule has 5 rings (SSSR count). The van der Waals surface area contributed by atoms with Crippen LogP contribution in [0.25, 0.3) is 0 Å². The molecule has 29 heavy (non-hydrogen) atoms. The number of fused-ring (bicyclic) bond motifs is 1. The minimum Gasteiger partial charge on any atom is -0.447 e. The lowest BCUT2D eigenvalue weighted by molar-refractivity contribution is 0.140. The van der Waals surface area contributed by atoms with E-state index in [1.165, 1.54) is 24.8 Å². The fourth-order valence-electron chi connectivity index (χ4n) is 4.84. The lowest BCUT2D eigenvalue weighted by Gasteiger charge is -2.45. The average Bonchev–Trinajstić information content (AvgIpc) is 3.11. The van der Waals surface area contributed by atoms with Gasteiger partial charge in [-0.15, -0.1) is 0 Å². The number of anilines is 2. The Morgan fingerprint density at radius 2 is 1.69 bits per heavy atom. The average molecular weight is 393 g/mol. The molecule has 1 atom stereocenters. The largest absolute Gasteiger partial charge is 0.447 e. The first kappa shape index (κ1) is 18.2. The molecule has 7 heteroatoms. The maximum atomic E-state index is 12.4. The number of carbonyl (C=O) groups excluding carboxylic acids is 1. The van der Waals surface area contributed by atoms with E-state index in [1.807, 2.05) is 23.1 Å². The molecule has 152 valence electrons. The van der Waals surface area contributed by atoms with E-state index in [1.54, 1.807) is 6.33 Å². The van der Waals surface area contributed by atoms with E-state index in [4.69, 9.17) is 4.74 Å². The summed E-state index contributed by atoms with van der Waals surface area (Å²) in [5, 5.41) is 0. The normalized spacial score (nSPS) is 24.4. The fraction of sp³-hybridized carbons (Fsp3) is 0.500. The number of aromatic nitrogens is 2. The Bertz CT molecular complexity index is 871. The van der Waals surface area contributed by atoms with E-state index >= 15 is 0 Å². The zero-order valence-corrected chi connectivity index (χ0v) is 16.7. The molecule has 1 aromatic heterocycles. The van der Waals surface area contributed by atoms with Gasteiger partial charge in [-0.3, -0.25) is 4.90 Å². The number of piperidine rings is 1. The second-order valence-corrected chi connectivity index (χ2v) is 8.30. The van der Waals surface area contributed by atoms with Crippen molar-refractivity contribution in [1.82, 2.24) is 14.9 Å². The Morgan fingerprint density at radius 3 is 2.48 bits per heavy atom. The van der Waals surface area contributed by atoms with Gasteiger partial charge in [0.05, 0.1) is 0 Å². The summed E-state index contributed by atoms with van der Waals surface area (Å²) in [6.45, 7) is 4.65. The molecule has 0 spiro atoms. The number of amides is 1. The molecule has 3 fully saturated rings. The van der Waals surface area contributed by atoms with Crippen molar-refractivity contribution in [3.8, 4) is 0 Å². The molecule has 0 saturated carbocycles. The van der Waals surface area contributed by atoms with Crippen LogP contribution in [0.2, 0.25) is 0 Å². The van der Waals surface area contributed by atoms with Gasteiger partial charge in [-0.25, -0.2) is 14.8 Å². The summed E-state index contributed by atoms with van der Waals surface area (Å²) in [7, 11) is 0. The highest BCUT2D eigenvalue weighted by molar-refractivity contribution is 5.72. The van der Waals surface area contributed by atoms with Crippen LogP contribution >= 0.6 is 0 Å². The highest BCUT2D eigenvalue weighted by Gasteiger charge is 2.51. The summed E-state index contributed by atoms with van der Waals surface area (Å²) in [5.74, 6) is 1.94. The number of carbonyl (C=O) groups is 1. The first-order valence-corrected chi connectivity index (χ1v) is 10.5. The van der Waals surface area contributed by atoms with Crippen LogP contribution < -0.4 is 9.80 Å². The van der Waals surface area contributed by atoms with Gasteiger partial charge >= 0.3 is 6.09 Å². The van der Waals surface area contributed by atoms with Crippen LogP contribution in [0.3, 0.4) is 0 Å². The molecule has 4 heterocycles. The first-order valence-electron chi connectivity index (χ1n) is 10.5. The van der Waals surface area contributed by atoms with Crippen LogP contribution in [-0.2, 0) is 11.2 Å². The standard InChI is InChI=1S/C22H27N5O2/c28-21-27-12-11-26(15-22(27,16-29-21)14-18-7-3-1-4-8-18)20-13-19(23-17-24-20)25-9-5-2-6-10-25/h1,3-4,7-8,13,17H,2,5-6,9-12,14-16H2. The van der Waals surface area contributed by atoms with Gasteiger partial charge in [0.15, 0.2) is 0 Å². The van der Waals surface area contributed by atoms with Gasteiger partial charge in [0.25, 0.3) is 0 Å². The van der Waals surface area contributed by atoms with Crippen LogP contribution in [0.4, 0.5) is 16.4 Å². The van der Waals surface area contributed by atoms with Crippen molar-refractivity contribution < 1.29 is 9.53 Å². The van der Waals surface area contributed by atoms with E-state index < -0.39 is 0 Å². The minimum absolute atomic E-state index is 0.197. The second-order valence-electron chi connectivity index (χ2n) is 8.30. The number of nitrogens with zero attached hydrogens (tertiary/aromatic N) is 5. The lowest BCUT2D eigenvalue weighted by Crippen LogP contribution is -2.62. The molecule has 3 saturated heterocycles. The van der Waals surface area contributed by atoms with Gasteiger partial charge in [0.2, 0.25) is 0 Å². The molecule has 2 aromatic rings. The van der Waals surface area contributed by atoms with Gasteiger partial charge in [-0.1, -0.05) is 30.3 Å². The summed E-state index contributed by atoms with van der Waals surface area (Å²) >= 11 is 0. The van der Waals surface area contributed by atoms with Gasteiger partial charge in [0, 0.05) is 45.2 Å². The molecular weight excluding hydrogens is 366 g/mol. The van der Waals surface area contributed by atoms with Gasteiger partial charge < -0.3 is 14.5 Å². The fourth-order valence-corrected chi connectivity index (χ4v) is 4.84. The molecule has 1 unspecified atom stereocenters. The molecule has 1 aromatic carbocycles. The number of cyclic esters (lactones) is 1. The zero-order valence-electron chi connectivity index (χ0n) is 16.7. The van der Waals surface area contributed by atoms with Crippen molar-refractivity contribution in [2.24, 2.45) is 0 Å². The quantitative estimate of drug-likeness (QED) is 0.796. The van der Waals surface area contributed by atoms with E-state index in [0.29, 0.717) is 19.7 Å². The summed E-state index contributed by atoms with van der Waals surface area (Å²) in [6.07, 6.45) is 5.99. The van der Waals surface area contributed by atoms with E-state index in [0.717, 1.165) is 37.7 Å². The van der Waals surface area contributed by atoms with Crippen molar-refractivity contribution in [3.05, 3.63) is 48.3 Å². The second kappa shape index (κ2) is 7.54. The Balaban J connectivity index is 1.40. The van der Waals surface area contributed by atoms with Crippen molar-refractivity contribution in [1.29, 1.82) is 0 Å². The van der Waals surface area contributed by atoms with Crippen LogP contribution in [0.1, 0.15) is 24.8 Å². The zero-order chi connectivity index (χ0) is 19.7. The van der Waals surface area contributed by atoms with Crippen LogP contribution in [0.15, 0.2) is 42.7 Å². The molecule has 1 amide bonds. The maximum absolute atomic E-state index is 12.4. The Morgan fingerprint density at radius 1 is 0.931 bits per heavy atom. The molecule has 0 aliphatic carbocycles.